The van der Waals surface area contributed by atoms with Gasteiger partial charge in [-0.15, -0.1) is 0 Å². The van der Waals surface area contributed by atoms with Crippen LogP contribution in [0.15, 0.2) is 24.3 Å². The molecular weight excluding hydrogens is 284 g/mol. The second kappa shape index (κ2) is 5.12. The van der Waals surface area contributed by atoms with Gasteiger partial charge in [0.15, 0.2) is 0 Å². The van der Waals surface area contributed by atoms with E-state index in [9.17, 15) is 26.3 Å². The highest BCUT2D eigenvalue weighted by atomic mass is 19.4. The van der Waals surface area contributed by atoms with Gasteiger partial charge in [-0.1, -0.05) is 6.08 Å². The summed E-state index contributed by atoms with van der Waals surface area (Å²) in [7, 11) is 0. The summed E-state index contributed by atoms with van der Waals surface area (Å²) in [6, 6.07) is 1.68. The van der Waals surface area contributed by atoms with Gasteiger partial charge >= 0.3 is 12.4 Å². The summed E-state index contributed by atoms with van der Waals surface area (Å²) < 4.78 is 76.2. The van der Waals surface area contributed by atoms with Gasteiger partial charge in [0.1, 0.15) is 0 Å². The van der Waals surface area contributed by atoms with Gasteiger partial charge in [-0.2, -0.15) is 26.3 Å². The van der Waals surface area contributed by atoms with Crippen LogP contribution in [0.1, 0.15) is 23.1 Å². The first-order valence-electron chi connectivity index (χ1n) is 5.87. The van der Waals surface area contributed by atoms with Gasteiger partial charge in [0.25, 0.3) is 0 Å². The van der Waals surface area contributed by atoms with Crippen LogP contribution in [0.25, 0.3) is 5.57 Å². The highest BCUT2D eigenvalue weighted by Crippen LogP contribution is 2.38. The molecule has 0 unspecified atom stereocenters. The van der Waals surface area contributed by atoms with E-state index in [1.807, 2.05) is 0 Å². The van der Waals surface area contributed by atoms with Crippen LogP contribution < -0.4 is 5.32 Å². The van der Waals surface area contributed by atoms with Gasteiger partial charge in [-0.3, -0.25) is 0 Å². The van der Waals surface area contributed by atoms with Crippen molar-refractivity contribution in [1.29, 1.82) is 0 Å². The second-order valence-electron chi connectivity index (χ2n) is 4.48. The Morgan fingerprint density at radius 1 is 0.850 bits per heavy atom. The summed E-state index contributed by atoms with van der Waals surface area (Å²) >= 11 is 0. The standard InChI is InChI=1S/C13H11F6N/c14-12(15,16)10-5-9(8-1-3-20-4-2-8)6-11(7-10)13(17,18)19/h1,5-7,20H,2-4H2. The number of nitrogens with one attached hydrogen (secondary N) is 1. The Labute approximate surface area is 111 Å². The Bertz CT molecular complexity index is 494. The van der Waals surface area contributed by atoms with Crippen LogP contribution in [0.3, 0.4) is 0 Å². The van der Waals surface area contributed by atoms with Crippen molar-refractivity contribution < 1.29 is 26.3 Å². The predicted molar refractivity (Wildman–Crippen MR) is 61.9 cm³/mol. The maximum Gasteiger partial charge on any atom is 0.416 e. The van der Waals surface area contributed by atoms with E-state index in [-0.39, 0.29) is 11.6 Å². The fourth-order valence-electron chi connectivity index (χ4n) is 2.03. The Hall–Kier alpha value is -1.50. The monoisotopic (exact) mass is 295 g/mol. The van der Waals surface area contributed by atoms with Gasteiger partial charge in [-0.05, 0) is 42.3 Å². The van der Waals surface area contributed by atoms with Gasteiger partial charge in [0, 0.05) is 6.54 Å². The van der Waals surface area contributed by atoms with Crippen LogP contribution >= 0.6 is 0 Å². The van der Waals surface area contributed by atoms with Crippen LogP contribution in [0.5, 0.6) is 0 Å². The molecule has 1 aliphatic heterocycles. The third-order valence-electron chi connectivity index (χ3n) is 3.02. The van der Waals surface area contributed by atoms with Crippen LogP contribution in [0.2, 0.25) is 0 Å². The quantitative estimate of drug-likeness (QED) is 0.769. The minimum Gasteiger partial charge on any atom is -0.313 e. The van der Waals surface area contributed by atoms with E-state index in [2.05, 4.69) is 5.32 Å². The third-order valence-corrected chi connectivity index (χ3v) is 3.02. The lowest BCUT2D eigenvalue weighted by Gasteiger charge is -2.18. The average molecular weight is 295 g/mol. The average Bonchev–Trinajstić information content (AvgIpc) is 2.37. The number of hydrogen-bond donors (Lipinski definition) is 1. The fraction of sp³-hybridized carbons (Fsp3) is 0.385. The molecule has 0 saturated carbocycles. The number of hydrogen-bond acceptors (Lipinski definition) is 1. The second-order valence-corrected chi connectivity index (χ2v) is 4.48. The lowest BCUT2D eigenvalue weighted by atomic mass is 9.95. The molecule has 1 nitrogen and oxygen atoms in total. The van der Waals surface area contributed by atoms with Crippen LogP contribution in [0.4, 0.5) is 26.3 Å². The highest BCUT2D eigenvalue weighted by molar-refractivity contribution is 5.68. The summed E-state index contributed by atoms with van der Waals surface area (Å²) in [5, 5.41) is 2.95. The Morgan fingerprint density at radius 3 is 1.80 bits per heavy atom. The summed E-state index contributed by atoms with van der Waals surface area (Å²) in [6.07, 6.45) is -7.59. The summed E-state index contributed by atoms with van der Waals surface area (Å²) in [5.74, 6) is 0. The zero-order valence-electron chi connectivity index (χ0n) is 10.2. The van der Waals surface area contributed by atoms with E-state index in [0.717, 1.165) is 12.1 Å². The molecule has 0 saturated heterocycles. The lowest BCUT2D eigenvalue weighted by Crippen LogP contribution is -2.20. The van der Waals surface area contributed by atoms with Crippen molar-refractivity contribution in [3.8, 4) is 0 Å². The highest BCUT2D eigenvalue weighted by Gasteiger charge is 2.37. The summed E-state index contributed by atoms with van der Waals surface area (Å²) in [4.78, 5) is 0. The molecule has 1 aromatic carbocycles. The first kappa shape index (κ1) is 14.9. The molecule has 1 aromatic rings. The minimum atomic E-state index is -4.80. The molecule has 1 aliphatic rings. The van der Waals surface area contributed by atoms with Crippen molar-refractivity contribution in [3.63, 3.8) is 0 Å². The van der Waals surface area contributed by atoms with E-state index in [1.54, 1.807) is 6.08 Å². The molecule has 0 aromatic heterocycles. The maximum absolute atomic E-state index is 12.7. The molecule has 0 atom stereocenters. The Kier molecular flexibility index (Phi) is 3.82. The van der Waals surface area contributed by atoms with Crippen molar-refractivity contribution >= 4 is 5.57 Å². The van der Waals surface area contributed by atoms with Crippen molar-refractivity contribution in [2.45, 2.75) is 18.8 Å². The van der Waals surface area contributed by atoms with E-state index < -0.39 is 23.5 Å². The van der Waals surface area contributed by atoms with Crippen molar-refractivity contribution in [1.82, 2.24) is 5.32 Å². The molecule has 0 amide bonds. The van der Waals surface area contributed by atoms with Crippen molar-refractivity contribution in [2.75, 3.05) is 13.1 Å². The van der Waals surface area contributed by atoms with Gasteiger partial charge in [0.05, 0.1) is 11.1 Å². The molecule has 7 heteroatoms. The van der Waals surface area contributed by atoms with E-state index in [4.69, 9.17) is 0 Å². The topological polar surface area (TPSA) is 12.0 Å². The Morgan fingerprint density at radius 2 is 1.40 bits per heavy atom. The maximum atomic E-state index is 12.7. The number of alkyl halides is 6. The first-order valence-corrected chi connectivity index (χ1v) is 5.87. The van der Waals surface area contributed by atoms with Crippen molar-refractivity contribution in [3.05, 3.63) is 41.0 Å². The number of benzene rings is 1. The van der Waals surface area contributed by atoms with Crippen molar-refractivity contribution in [2.24, 2.45) is 0 Å². The van der Waals surface area contributed by atoms with Crippen LogP contribution in [-0.4, -0.2) is 13.1 Å². The van der Waals surface area contributed by atoms with Gasteiger partial charge < -0.3 is 5.32 Å². The summed E-state index contributed by atoms with van der Waals surface area (Å²) in [6.45, 7) is 0.969. The normalized spacial score (nSPS) is 17.0. The number of rotatable bonds is 1. The minimum absolute atomic E-state index is 0.0198. The molecule has 0 bridgehead atoms. The fourth-order valence-corrected chi connectivity index (χ4v) is 2.03. The van der Waals surface area contributed by atoms with Crippen LogP contribution in [0, 0.1) is 0 Å². The molecule has 2 rings (SSSR count). The number of halogens is 6. The molecule has 0 spiro atoms. The molecule has 0 fully saturated rings. The SMILES string of the molecule is FC(F)(F)c1cc(C2=CCNCC2)cc(C(F)(F)F)c1. The molecule has 0 radical (unpaired) electrons. The molecular formula is C13H11F6N. The zero-order chi connectivity index (χ0) is 15.0. The molecule has 1 N–H and O–H groups in total. The Balaban J connectivity index is 2.54. The lowest BCUT2D eigenvalue weighted by molar-refractivity contribution is -0.143. The van der Waals surface area contributed by atoms with E-state index >= 15 is 0 Å². The smallest absolute Gasteiger partial charge is 0.313 e. The molecule has 0 aliphatic carbocycles. The molecule has 1 heterocycles. The molecule has 20 heavy (non-hydrogen) atoms. The van der Waals surface area contributed by atoms with E-state index in [1.165, 1.54) is 0 Å². The summed E-state index contributed by atoms with van der Waals surface area (Å²) in [5.41, 5.74) is -2.07. The molecule has 110 valence electrons. The first-order chi connectivity index (χ1) is 9.18. The predicted octanol–water partition coefficient (Wildman–Crippen LogP) is 4.10. The van der Waals surface area contributed by atoms with Gasteiger partial charge in [-0.25, -0.2) is 0 Å². The van der Waals surface area contributed by atoms with Crippen LogP contribution in [-0.2, 0) is 12.4 Å². The third kappa shape index (κ3) is 3.33. The van der Waals surface area contributed by atoms with Gasteiger partial charge in [0.2, 0.25) is 0 Å². The van der Waals surface area contributed by atoms with E-state index in [0.29, 0.717) is 25.1 Å². The largest absolute Gasteiger partial charge is 0.416 e. The zero-order valence-corrected chi connectivity index (χ0v) is 10.2.